The summed E-state index contributed by atoms with van der Waals surface area (Å²) in [5, 5.41) is 15.0. The lowest BCUT2D eigenvalue weighted by atomic mass is 9.83. The van der Waals surface area contributed by atoms with Crippen LogP contribution in [0.1, 0.15) is 36.8 Å². The summed E-state index contributed by atoms with van der Waals surface area (Å²) in [7, 11) is 0. The standard InChI is InChI=1S/C16H23N3O2/c1-12-6-2-3-7-13(12)8-11-18-15(20)16(14(17)19-21)9-4-5-10-16/h2-3,6-7,21H,4-5,8-11H2,1H3,(H2,17,19)(H,18,20). The Morgan fingerprint density at radius 3 is 2.67 bits per heavy atom. The number of nitrogens with zero attached hydrogens (tertiary/aromatic N) is 1. The molecule has 2 rings (SSSR count). The summed E-state index contributed by atoms with van der Waals surface area (Å²) in [6.07, 6.45) is 3.95. The van der Waals surface area contributed by atoms with Gasteiger partial charge in [-0.25, -0.2) is 0 Å². The fraction of sp³-hybridized carbons (Fsp3) is 0.500. The first-order valence-electron chi connectivity index (χ1n) is 7.41. The Kier molecular flexibility index (Phi) is 4.83. The quantitative estimate of drug-likeness (QED) is 0.335. The number of oxime groups is 1. The highest BCUT2D eigenvalue weighted by molar-refractivity contribution is 6.07. The van der Waals surface area contributed by atoms with E-state index in [1.54, 1.807) is 0 Å². The molecular formula is C16H23N3O2. The summed E-state index contributed by atoms with van der Waals surface area (Å²) in [6, 6.07) is 8.13. The number of amides is 1. The monoisotopic (exact) mass is 289 g/mol. The van der Waals surface area contributed by atoms with E-state index in [-0.39, 0.29) is 11.7 Å². The van der Waals surface area contributed by atoms with E-state index in [1.807, 2.05) is 12.1 Å². The van der Waals surface area contributed by atoms with E-state index in [4.69, 9.17) is 10.9 Å². The Balaban J connectivity index is 1.96. The van der Waals surface area contributed by atoms with Crippen molar-refractivity contribution >= 4 is 11.7 Å². The van der Waals surface area contributed by atoms with Crippen LogP contribution in [0.2, 0.25) is 0 Å². The Bertz CT molecular complexity index is 534. The highest BCUT2D eigenvalue weighted by atomic mass is 16.4. The first-order chi connectivity index (χ1) is 10.1. The molecule has 1 fully saturated rings. The zero-order valence-electron chi connectivity index (χ0n) is 12.4. The van der Waals surface area contributed by atoms with Gasteiger partial charge in [0.1, 0.15) is 5.41 Å². The normalized spacial score (nSPS) is 17.7. The van der Waals surface area contributed by atoms with Crippen molar-refractivity contribution in [2.75, 3.05) is 6.54 Å². The van der Waals surface area contributed by atoms with Crippen molar-refractivity contribution in [3.63, 3.8) is 0 Å². The van der Waals surface area contributed by atoms with Gasteiger partial charge in [0.15, 0.2) is 5.84 Å². The number of aryl methyl sites for hydroxylation is 1. The third-order valence-corrected chi connectivity index (χ3v) is 4.43. The number of hydrogen-bond acceptors (Lipinski definition) is 3. The van der Waals surface area contributed by atoms with E-state index in [9.17, 15) is 4.79 Å². The summed E-state index contributed by atoms with van der Waals surface area (Å²) in [4.78, 5) is 12.5. The summed E-state index contributed by atoms with van der Waals surface area (Å²) < 4.78 is 0. The predicted molar refractivity (Wildman–Crippen MR) is 82.2 cm³/mol. The van der Waals surface area contributed by atoms with Gasteiger partial charge >= 0.3 is 0 Å². The van der Waals surface area contributed by atoms with Crippen LogP contribution in [-0.4, -0.2) is 23.5 Å². The largest absolute Gasteiger partial charge is 0.409 e. The fourth-order valence-electron chi connectivity index (χ4n) is 3.04. The van der Waals surface area contributed by atoms with Crippen molar-refractivity contribution in [3.05, 3.63) is 35.4 Å². The lowest BCUT2D eigenvalue weighted by Gasteiger charge is -2.26. The lowest BCUT2D eigenvalue weighted by Crippen LogP contribution is -2.48. The molecule has 0 atom stereocenters. The van der Waals surface area contributed by atoms with Gasteiger partial charge in [0.05, 0.1) is 0 Å². The Hall–Kier alpha value is -2.04. The molecule has 1 aliphatic carbocycles. The summed E-state index contributed by atoms with van der Waals surface area (Å²) >= 11 is 0. The van der Waals surface area contributed by atoms with Crippen LogP contribution >= 0.6 is 0 Å². The molecule has 1 amide bonds. The van der Waals surface area contributed by atoms with Crippen LogP contribution in [0.3, 0.4) is 0 Å². The number of nitrogens with one attached hydrogen (secondary N) is 1. The Morgan fingerprint density at radius 2 is 2.05 bits per heavy atom. The van der Waals surface area contributed by atoms with E-state index in [2.05, 4.69) is 29.5 Å². The molecule has 4 N–H and O–H groups in total. The van der Waals surface area contributed by atoms with Crippen molar-refractivity contribution < 1.29 is 10.0 Å². The molecule has 21 heavy (non-hydrogen) atoms. The van der Waals surface area contributed by atoms with Gasteiger partial charge in [-0.2, -0.15) is 0 Å². The molecule has 1 saturated carbocycles. The van der Waals surface area contributed by atoms with E-state index >= 15 is 0 Å². The highest BCUT2D eigenvalue weighted by Crippen LogP contribution is 2.38. The number of carbonyl (C=O) groups excluding carboxylic acids is 1. The minimum absolute atomic E-state index is 0.0355. The van der Waals surface area contributed by atoms with Gasteiger partial charge in [-0.05, 0) is 37.3 Å². The number of carbonyl (C=O) groups is 1. The molecule has 0 spiro atoms. The third-order valence-electron chi connectivity index (χ3n) is 4.43. The third kappa shape index (κ3) is 3.17. The van der Waals surface area contributed by atoms with Gasteiger partial charge in [-0.15, -0.1) is 0 Å². The van der Waals surface area contributed by atoms with Crippen molar-refractivity contribution in [2.45, 2.75) is 39.0 Å². The van der Waals surface area contributed by atoms with E-state index in [0.717, 1.165) is 19.3 Å². The average Bonchev–Trinajstić information content (AvgIpc) is 2.99. The molecule has 0 aliphatic heterocycles. The Morgan fingerprint density at radius 1 is 1.38 bits per heavy atom. The van der Waals surface area contributed by atoms with Gasteiger partial charge in [-0.3, -0.25) is 4.79 Å². The molecule has 1 aromatic carbocycles. The van der Waals surface area contributed by atoms with Crippen LogP contribution in [0.5, 0.6) is 0 Å². The number of rotatable bonds is 5. The van der Waals surface area contributed by atoms with E-state index in [0.29, 0.717) is 19.4 Å². The molecule has 1 aliphatic rings. The smallest absolute Gasteiger partial charge is 0.233 e. The molecule has 5 heteroatoms. The van der Waals surface area contributed by atoms with E-state index < -0.39 is 5.41 Å². The molecule has 5 nitrogen and oxygen atoms in total. The maximum Gasteiger partial charge on any atom is 0.233 e. The molecule has 0 saturated heterocycles. The first kappa shape index (κ1) is 15.4. The number of nitrogens with two attached hydrogens (primary N) is 1. The second-order valence-electron chi connectivity index (χ2n) is 5.71. The molecule has 0 radical (unpaired) electrons. The number of hydrogen-bond donors (Lipinski definition) is 3. The fourth-order valence-corrected chi connectivity index (χ4v) is 3.04. The van der Waals surface area contributed by atoms with Crippen LogP contribution in [0.15, 0.2) is 29.4 Å². The minimum atomic E-state index is -0.819. The number of amidine groups is 1. The molecular weight excluding hydrogens is 266 g/mol. The second-order valence-corrected chi connectivity index (χ2v) is 5.71. The van der Waals surface area contributed by atoms with Gasteiger partial charge < -0.3 is 16.3 Å². The zero-order chi connectivity index (χ0) is 15.3. The number of benzene rings is 1. The average molecular weight is 289 g/mol. The van der Waals surface area contributed by atoms with Gasteiger partial charge in [-0.1, -0.05) is 42.3 Å². The summed E-state index contributed by atoms with van der Waals surface area (Å²) in [5.74, 6) is -0.0859. The van der Waals surface area contributed by atoms with Crippen molar-refractivity contribution in [2.24, 2.45) is 16.3 Å². The topological polar surface area (TPSA) is 87.7 Å². The van der Waals surface area contributed by atoms with Crippen LogP contribution < -0.4 is 11.1 Å². The predicted octanol–water partition coefficient (Wildman–Crippen LogP) is 1.96. The second kappa shape index (κ2) is 6.61. The molecule has 0 heterocycles. The minimum Gasteiger partial charge on any atom is -0.409 e. The molecule has 0 bridgehead atoms. The molecule has 0 aromatic heterocycles. The van der Waals surface area contributed by atoms with Crippen LogP contribution in [0.4, 0.5) is 0 Å². The summed E-state index contributed by atoms with van der Waals surface area (Å²) in [5.41, 5.74) is 7.39. The maximum absolute atomic E-state index is 12.5. The Labute approximate surface area is 125 Å². The van der Waals surface area contributed by atoms with Crippen molar-refractivity contribution in [1.82, 2.24) is 5.32 Å². The van der Waals surface area contributed by atoms with Crippen LogP contribution in [-0.2, 0) is 11.2 Å². The maximum atomic E-state index is 12.5. The van der Waals surface area contributed by atoms with Crippen molar-refractivity contribution in [1.29, 1.82) is 0 Å². The first-order valence-corrected chi connectivity index (χ1v) is 7.41. The van der Waals surface area contributed by atoms with Gasteiger partial charge in [0.25, 0.3) is 0 Å². The van der Waals surface area contributed by atoms with Crippen LogP contribution in [0, 0.1) is 12.3 Å². The highest BCUT2D eigenvalue weighted by Gasteiger charge is 2.45. The van der Waals surface area contributed by atoms with Crippen LogP contribution in [0.25, 0.3) is 0 Å². The zero-order valence-corrected chi connectivity index (χ0v) is 12.4. The lowest BCUT2D eigenvalue weighted by molar-refractivity contribution is -0.127. The SMILES string of the molecule is Cc1ccccc1CCNC(=O)C1(C(N)=NO)CCCC1. The molecule has 1 aromatic rings. The van der Waals surface area contributed by atoms with Gasteiger partial charge in [0.2, 0.25) is 5.91 Å². The van der Waals surface area contributed by atoms with E-state index in [1.165, 1.54) is 11.1 Å². The molecule has 0 unspecified atom stereocenters. The van der Waals surface area contributed by atoms with Gasteiger partial charge in [0, 0.05) is 6.54 Å². The summed E-state index contributed by atoms with van der Waals surface area (Å²) in [6.45, 7) is 2.62. The van der Waals surface area contributed by atoms with Crippen molar-refractivity contribution in [3.8, 4) is 0 Å². The molecule has 114 valence electrons.